The van der Waals surface area contributed by atoms with E-state index in [0.29, 0.717) is 5.56 Å². The molecule has 0 heterocycles. The van der Waals surface area contributed by atoms with Gasteiger partial charge in [-0.25, -0.2) is 0 Å². The van der Waals surface area contributed by atoms with E-state index in [1.54, 1.807) is 30.3 Å². The number of alkyl halides is 3. The second-order valence-corrected chi connectivity index (χ2v) is 4.07. The second-order valence-electron chi connectivity index (χ2n) is 4.07. The van der Waals surface area contributed by atoms with Crippen LogP contribution < -0.4 is 0 Å². The number of aliphatic hydroxyl groups excluding tert-OH is 1. The highest BCUT2D eigenvalue weighted by atomic mass is 19.4. The van der Waals surface area contributed by atoms with E-state index >= 15 is 0 Å². The third-order valence-electron chi connectivity index (χ3n) is 2.64. The molecule has 1 aromatic rings. The first-order valence-corrected chi connectivity index (χ1v) is 5.01. The van der Waals surface area contributed by atoms with Gasteiger partial charge in [0.1, 0.15) is 0 Å². The number of nitriles is 1. The SMILES string of the molecule is C[C@@](C#N)(C[C@H](O)C(F)(F)F)c1ccccc1. The first-order chi connectivity index (χ1) is 7.79. The maximum absolute atomic E-state index is 12.3. The Morgan fingerprint density at radius 2 is 1.82 bits per heavy atom. The summed E-state index contributed by atoms with van der Waals surface area (Å²) in [5, 5.41) is 18.1. The van der Waals surface area contributed by atoms with Crippen molar-refractivity contribution in [3.8, 4) is 6.07 Å². The molecule has 1 rings (SSSR count). The number of hydrogen-bond acceptors (Lipinski definition) is 2. The van der Waals surface area contributed by atoms with Gasteiger partial charge in [-0.15, -0.1) is 0 Å². The molecule has 0 radical (unpaired) electrons. The Bertz CT molecular complexity index is 410. The van der Waals surface area contributed by atoms with Gasteiger partial charge in [0.2, 0.25) is 0 Å². The van der Waals surface area contributed by atoms with Gasteiger partial charge in [0.05, 0.1) is 11.5 Å². The number of nitrogens with zero attached hydrogens (tertiary/aromatic N) is 1. The molecule has 0 fully saturated rings. The first-order valence-electron chi connectivity index (χ1n) is 5.01. The highest BCUT2D eigenvalue weighted by molar-refractivity contribution is 5.31. The van der Waals surface area contributed by atoms with Crippen LogP contribution in [-0.4, -0.2) is 17.4 Å². The zero-order chi connectivity index (χ0) is 13.1. The van der Waals surface area contributed by atoms with Crippen molar-refractivity contribution in [3.05, 3.63) is 35.9 Å². The van der Waals surface area contributed by atoms with E-state index in [4.69, 9.17) is 10.4 Å². The molecule has 0 aliphatic carbocycles. The highest BCUT2D eigenvalue weighted by Gasteiger charge is 2.43. The molecule has 0 unspecified atom stereocenters. The van der Waals surface area contributed by atoms with Crippen molar-refractivity contribution in [2.45, 2.75) is 31.0 Å². The topological polar surface area (TPSA) is 44.0 Å². The minimum Gasteiger partial charge on any atom is -0.384 e. The van der Waals surface area contributed by atoms with Gasteiger partial charge in [-0.2, -0.15) is 18.4 Å². The van der Waals surface area contributed by atoms with Crippen molar-refractivity contribution in [3.63, 3.8) is 0 Å². The summed E-state index contributed by atoms with van der Waals surface area (Å²) in [5.41, 5.74) is -0.887. The molecule has 17 heavy (non-hydrogen) atoms. The Kier molecular flexibility index (Phi) is 3.79. The average Bonchev–Trinajstić information content (AvgIpc) is 2.28. The Hall–Kier alpha value is -1.54. The largest absolute Gasteiger partial charge is 0.414 e. The molecule has 92 valence electrons. The van der Waals surface area contributed by atoms with Crippen LogP contribution in [0.1, 0.15) is 18.9 Å². The van der Waals surface area contributed by atoms with Gasteiger partial charge >= 0.3 is 6.18 Å². The minimum atomic E-state index is -4.70. The van der Waals surface area contributed by atoms with Gasteiger partial charge in [0.25, 0.3) is 0 Å². The van der Waals surface area contributed by atoms with Crippen LogP contribution in [0.2, 0.25) is 0 Å². The van der Waals surface area contributed by atoms with Gasteiger partial charge in [-0.3, -0.25) is 0 Å². The lowest BCUT2D eigenvalue weighted by Crippen LogP contribution is -2.36. The van der Waals surface area contributed by atoms with E-state index in [9.17, 15) is 13.2 Å². The summed E-state index contributed by atoms with van der Waals surface area (Å²) < 4.78 is 36.8. The fourth-order valence-electron chi connectivity index (χ4n) is 1.54. The standard InChI is InChI=1S/C12H12F3NO/c1-11(8-16,7-10(17)12(13,14)15)9-5-3-2-4-6-9/h2-6,10,17H,7H2,1H3/t10-,11-/m0/s1. The van der Waals surface area contributed by atoms with Crippen LogP contribution in [0.25, 0.3) is 0 Å². The summed E-state index contributed by atoms with van der Waals surface area (Å²) in [7, 11) is 0. The lowest BCUT2D eigenvalue weighted by atomic mass is 9.79. The first kappa shape index (κ1) is 13.5. The van der Waals surface area contributed by atoms with Gasteiger partial charge < -0.3 is 5.11 Å². The number of halogens is 3. The third-order valence-corrected chi connectivity index (χ3v) is 2.64. The molecule has 0 saturated heterocycles. The number of hydrogen-bond donors (Lipinski definition) is 1. The van der Waals surface area contributed by atoms with Crippen molar-refractivity contribution in [2.75, 3.05) is 0 Å². The van der Waals surface area contributed by atoms with E-state index in [1.165, 1.54) is 6.92 Å². The summed E-state index contributed by atoms with van der Waals surface area (Å²) in [5.74, 6) is 0. The lowest BCUT2D eigenvalue weighted by molar-refractivity contribution is -0.208. The minimum absolute atomic E-state index is 0.464. The van der Waals surface area contributed by atoms with Gasteiger partial charge in [0, 0.05) is 6.42 Å². The molecule has 0 bridgehead atoms. The molecular weight excluding hydrogens is 231 g/mol. The molecule has 0 aromatic heterocycles. The summed E-state index contributed by atoms with van der Waals surface area (Å²) in [4.78, 5) is 0. The zero-order valence-corrected chi connectivity index (χ0v) is 9.20. The predicted octanol–water partition coefficient (Wildman–Crippen LogP) is 2.78. The third kappa shape index (κ3) is 3.21. The van der Waals surface area contributed by atoms with Crippen molar-refractivity contribution in [1.29, 1.82) is 5.26 Å². The lowest BCUT2D eigenvalue weighted by Gasteiger charge is -2.26. The highest BCUT2D eigenvalue weighted by Crippen LogP contribution is 2.33. The quantitative estimate of drug-likeness (QED) is 0.887. The monoisotopic (exact) mass is 243 g/mol. The van der Waals surface area contributed by atoms with Crippen LogP contribution in [0.4, 0.5) is 13.2 Å². The predicted molar refractivity (Wildman–Crippen MR) is 56.1 cm³/mol. The van der Waals surface area contributed by atoms with E-state index in [-0.39, 0.29) is 0 Å². The van der Waals surface area contributed by atoms with Crippen molar-refractivity contribution >= 4 is 0 Å². The van der Waals surface area contributed by atoms with E-state index < -0.39 is 24.1 Å². The van der Waals surface area contributed by atoms with Gasteiger partial charge in [0.15, 0.2) is 6.10 Å². The van der Waals surface area contributed by atoms with Crippen LogP contribution >= 0.6 is 0 Å². The van der Waals surface area contributed by atoms with Crippen LogP contribution in [0.5, 0.6) is 0 Å². The van der Waals surface area contributed by atoms with Crippen LogP contribution in [0.3, 0.4) is 0 Å². The van der Waals surface area contributed by atoms with E-state index in [0.717, 1.165) is 0 Å². The number of aliphatic hydroxyl groups is 1. The van der Waals surface area contributed by atoms with Crippen molar-refractivity contribution < 1.29 is 18.3 Å². The summed E-state index contributed by atoms with van der Waals surface area (Å²) in [6.45, 7) is 1.39. The van der Waals surface area contributed by atoms with Crippen molar-refractivity contribution in [1.82, 2.24) is 0 Å². The molecule has 0 aliphatic rings. The van der Waals surface area contributed by atoms with E-state index in [1.807, 2.05) is 6.07 Å². The number of benzene rings is 1. The average molecular weight is 243 g/mol. The van der Waals surface area contributed by atoms with Gasteiger partial charge in [-0.1, -0.05) is 30.3 Å². The summed E-state index contributed by atoms with van der Waals surface area (Å²) in [6, 6.07) is 9.99. The maximum atomic E-state index is 12.3. The normalized spacial score (nSPS) is 16.9. The Labute approximate surface area is 97.3 Å². The Morgan fingerprint density at radius 1 is 1.29 bits per heavy atom. The second kappa shape index (κ2) is 4.76. The van der Waals surface area contributed by atoms with Crippen LogP contribution in [0, 0.1) is 11.3 Å². The molecular formula is C12H12F3NO. The summed E-state index contributed by atoms with van der Waals surface area (Å²) >= 11 is 0. The van der Waals surface area contributed by atoms with Gasteiger partial charge in [-0.05, 0) is 12.5 Å². The van der Waals surface area contributed by atoms with Crippen LogP contribution in [0.15, 0.2) is 30.3 Å². The molecule has 2 nitrogen and oxygen atoms in total. The fraction of sp³-hybridized carbons (Fsp3) is 0.417. The Balaban J connectivity index is 2.96. The molecule has 2 atom stereocenters. The summed E-state index contributed by atoms with van der Waals surface area (Å²) in [6.07, 6.45) is -7.86. The molecule has 0 spiro atoms. The molecule has 0 saturated carbocycles. The van der Waals surface area contributed by atoms with Crippen molar-refractivity contribution in [2.24, 2.45) is 0 Å². The molecule has 0 aliphatic heterocycles. The molecule has 1 N–H and O–H groups in total. The maximum Gasteiger partial charge on any atom is 0.414 e. The number of rotatable bonds is 3. The zero-order valence-electron chi connectivity index (χ0n) is 9.20. The molecule has 1 aromatic carbocycles. The Morgan fingerprint density at radius 3 is 2.24 bits per heavy atom. The molecule has 0 amide bonds. The van der Waals surface area contributed by atoms with E-state index in [2.05, 4.69) is 0 Å². The van der Waals surface area contributed by atoms with Crippen LogP contribution in [-0.2, 0) is 5.41 Å². The fourth-order valence-corrected chi connectivity index (χ4v) is 1.54. The smallest absolute Gasteiger partial charge is 0.384 e. The molecule has 5 heteroatoms.